The standard InChI is InChI=1S/C12H15N3S3/c1-6-7(2)18-9(5-17-6)11-14-10(13)8-3-4-16-12(8)15-11/h3-4,6-7,9H,5H2,1-2H3,(H2,13,14,15). The molecule has 3 heterocycles. The number of hydrogen-bond donors (Lipinski definition) is 1. The molecule has 6 heteroatoms. The van der Waals surface area contributed by atoms with Crippen LogP contribution in [-0.2, 0) is 0 Å². The lowest BCUT2D eigenvalue weighted by Gasteiger charge is -2.30. The van der Waals surface area contributed by atoms with Crippen LogP contribution in [0.2, 0.25) is 0 Å². The minimum Gasteiger partial charge on any atom is -0.383 e. The molecule has 0 bridgehead atoms. The maximum Gasteiger partial charge on any atom is 0.146 e. The third kappa shape index (κ3) is 2.21. The second-order valence-corrected chi connectivity index (χ2v) is 8.36. The molecule has 0 saturated carbocycles. The smallest absolute Gasteiger partial charge is 0.146 e. The highest BCUT2D eigenvalue weighted by Crippen LogP contribution is 2.43. The third-order valence-corrected chi connectivity index (χ3v) is 7.40. The van der Waals surface area contributed by atoms with Gasteiger partial charge in [0.15, 0.2) is 0 Å². The van der Waals surface area contributed by atoms with E-state index in [-0.39, 0.29) is 0 Å². The molecule has 3 unspecified atom stereocenters. The molecule has 96 valence electrons. The van der Waals surface area contributed by atoms with E-state index in [0.29, 0.717) is 21.6 Å². The summed E-state index contributed by atoms with van der Waals surface area (Å²) in [6, 6.07) is 1.99. The maximum atomic E-state index is 6.01. The second-order valence-electron chi connectivity index (χ2n) is 4.47. The van der Waals surface area contributed by atoms with Crippen molar-refractivity contribution in [1.29, 1.82) is 0 Å². The maximum absolute atomic E-state index is 6.01. The van der Waals surface area contributed by atoms with Crippen LogP contribution in [0.5, 0.6) is 0 Å². The van der Waals surface area contributed by atoms with Gasteiger partial charge < -0.3 is 5.73 Å². The van der Waals surface area contributed by atoms with Crippen LogP contribution in [0.3, 0.4) is 0 Å². The van der Waals surface area contributed by atoms with Crippen molar-refractivity contribution >= 4 is 50.9 Å². The molecule has 1 aliphatic heterocycles. The zero-order valence-electron chi connectivity index (χ0n) is 10.3. The van der Waals surface area contributed by atoms with E-state index in [2.05, 4.69) is 23.8 Å². The van der Waals surface area contributed by atoms with Gasteiger partial charge in [-0.25, -0.2) is 9.97 Å². The first-order valence-electron chi connectivity index (χ1n) is 5.93. The van der Waals surface area contributed by atoms with E-state index < -0.39 is 0 Å². The lowest BCUT2D eigenvalue weighted by Crippen LogP contribution is -2.23. The molecule has 2 aromatic heterocycles. The number of thioether (sulfide) groups is 2. The highest BCUT2D eigenvalue weighted by atomic mass is 32.2. The highest BCUT2D eigenvalue weighted by Gasteiger charge is 2.29. The van der Waals surface area contributed by atoms with Crippen LogP contribution in [0, 0.1) is 0 Å². The number of aromatic nitrogens is 2. The van der Waals surface area contributed by atoms with E-state index in [9.17, 15) is 0 Å². The summed E-state index contributed by atoms with van der Waals surface area (Å²) in [6.07, 6.45) is 0. The van der Waals surface area contributed by atoms with Crippen molar-refractivity contribution in [2.75, 3.05) is 11.5 Å². The molecule has 0 aromatic carbocycles. The summed E-state index contributed by atoms with van der Waals surface area (Å²) in [5.74, 6) is 2.60. The normalized spacial score (nSPS) is 28.7. The molecule has 0 radical (unpaired) electrons. The second kappa shape index (κ2) is 4.90. The van der Waals surface area contributed by atoms with E-state index in [1.165, 1.54) is 0 Å². The van der Waals surface area contributed by atoms with Gasteiger partial charge in [0, 0.05) is 16.3 Å². The first-order valence-corrected chi connectivity index (χ1v) is 8.80. The molecule has 0 amide bonds. The van der Waals surface area contributed by atoms with Crippen LogP contribution in [0.25, 0.3) is 10.2 Å². The number of anilines is 1. The Kier molecular flexibility index (Phi) is 3.42. The van der Waals surface area contributed by atoms with Crippen LogP contribution < -0.4 is 5.73 Å². The minimum atomic E-state index is 0.370. The van der Waals surface area contributed by atoms with Crippen molar-refractivity contribution in [1.82, 2.24) is 9.97 Å². The van der Waals surface area contributed by atoms with Crippen LogP contribution in [0.4, 0.5) is 5.82 Å². The molecule has 18 heavy (non-hydrogen) atoms. The Bertz CT molecular complexity index is 569. The SMILES string of the molecule is CC1SCC(c2nc(N)c3ccsc3n2)SC1C. The quantitative estimate of drug-likeness (QED) is 0.872. The summed E-state index contributed by atoms with van der Waals surface area (Å²) < 4.78 is 0. The molecule has 1 saturated heterocycles. The first kappa shape index (κ1) is 12.6. The summed E-state index contributed by atoms with van der Waals surface area (Å²) in [7, 11) is 0. The highest BCUT2D eigenvalue weighted by molar-refractivity contribution is 8.07. The number of thiophene rings is 1. The van der Waals surface area contributed by atoms with E-state index in [1.807, 2.05) is 35.0 Å². The number of nitrogens with zero attached hydrogens (tertiary/aromatic N) is 2. The molecule has 0 spiro atoms. The fourth-order valence-corrected chi connectivity index (χ4v) is 5.58. The summed E-state index contributed by atoms with van der Waals surface area (Å²) in [5, 5.41) is 4.72. The van der Waals surface area contributed by atoms with Gasteiger partial charge in [-0.05, 0) is 11.4 Å². The van der Waals surface area contributed by atoms with Gasteiger partial charge in [-0.1, -0.05) is 13.8 Å². The number of fused-ring (bicyclic) bond motifs is 1. The summed E-state index contributed by atoms with van der Waals surface area (Å²) in [6.45, 7) is 4.57. The Morgan fingerprint density at radius 3 is 2.89 bits per heavy atom. The Labute approximate surface area is 119 Å². The van der Waals surface area contributed by atoms with Crippen LogP contribution in [-0.4, -0.2) is 26.2 Å². The van der Waals surface area contributed by atoms with Crippen molar-refractivity contribution in [2.45, 2.75) is 29.6 Å². The lowest BCUT2D eigenvalue weighted by atomic mass is 10.3. The summed E-state index contributed by atoms with van der Waals surface area (Å²) in [5.41, 5.74) is 6.01. The minimum absolute atomic E-state index is 0.370. The van der Waals surface area contributed by atoms with Crippen LogP contribution in [0.15, 0.2) is 11.4 Å². The number of nitrogen functional groups attached to an aromatic ring is 1. The van der Waals surface area contributed by atoms with Crippen molar-refractivity contribution < 1.29 is 0 Å². The van der Waals surface area contributed by atoms with Gasteiger partial charge in [-0.2, -0.15) is 11.8 Å². The molecule has 1 fully saturated rings. The van der Waals surface area contributed by atoms with Crippen molar-refractivity contribution in [2.24, 2.45) is 0 Å². The predicted octanol–water partition coefficient (Wildman–Crippen LogP) is 3.57. The molecule has 1 aliphatic rings. The molecular formula is C12H15N3S3. The first-order chi connectivity index (χ1) is 8.65. The summed E-state index contributed by atoms with van der Waals surface area (Å²) in [4.78, 5) is 10.2. The molecular weight excluding hydrogens is 282 g/mol. The van der Waals surface area contributed by atoms with E-state index >= 15 is 0 Å². The molecule has 2 N–H and O–H groups in total. The van der Waals surface area contributed by atoms with Gasteiger partial charge in [0.05, 0.1) is 10.6 Å². The zero-order valence-corrected chi connectivity index (χ0v) is 12.7. The monoisotopic (exact) mass is 297 g/mol. The lowest BCUT2D eigenvalue weighted by molar-refractivity contribution is 0.867. The average Bonchev–Trinajstić information content (AvgIpc) is 2.81. The Morgan fingerprint density at radius 2 is 2.11 bits per heavy atom. The van der Waals surface area contributed by atoms with Gasteiger partial charge in [0.25, 0.3) is 0 Å². The predicted molar refractivity (Wildman–Crippen MR) is 83.5 cm³/mol. The van der Waals surface area contributed by atoms with Gasteiger partial charge in [0.1, 0.15) is 16.5 Å². The zero-order chi connectivity index (χ0) is 12.7. The third-order valence-electron chi connectivity index (χ3n) is 3.21. The summed E-state index contributed by atoms with van der Waals surface area (Å²) >= 11 is 5.61. The molecule has 0 aliphatic carbocycles. The average molecular weight is 297 g/mol. The number of nitrogens with two attached hydrogens (primary N) is 1. The Balaban J connectivity index is 1.94. The molecule has 3 atom stereocenters. The van der Waals surface area contributed by atoms with Crippen molar-refractivity contribution in [3.05, 3.63) is 17.3 Å². The van der Waals surface area contributed by atoms with Gasteiger partial charge in [-0.3, -0.25) is 0 Å². The molecule has 2 aromatic rings. The molecule has 3 rings (SSSR count). The van der Waals surface area contributed by atoms with E-state index in [0.717, 1.165) is 21.8 Å². The van der Waals surface area contributed by atoms with Crippen molar-refractivity contribution in [3.63, 3.8) is 0 Å². The Morgan fingerprint density at radius 1 is 1.28 bits per heavy atom. The fourth-order valence-electron chi connectivity index (χ4n) is 1.96. The van der Waals surface area contributed by atoms with E-state index in [4.69, 9.17) is 5.73 Å². The van der Waals surface area contributed by atoms with Gasteiger partial charge >= 0.3 is 0 Å². The van der Waals surface area contributed by atoms with Gasteiger partial charge in [-0.15, -0.1) is 23.1 Å². The van der Waals surface area contributed by atoms with Gasteiger partial charge in [0.2, 0.25) is 0 Å². The largest absolute Gasteiger partial charge is 0.383 e. The van der Waals surface area contributed by atoms with Crippen LogP contribution in [0.1, 0.15) is 24.9 Å². The topological polar surface area (TPSA) is 51.8 Å². The fraction of sp³-hybridized carbons (Fsp3) is 0.500. The number of hydrogen-bond acceptors (Lipinski definition) is 6. The van der Waals surface area contributed by atoms with Crippen molar-refractivity contribution in [3.8, 4) is 0 Å². The van der Waals surface area contributed by atoms with E-state index in [1.54, 1.807) is 11.3 Å². The Hall–Kier alpha value is -0.460. The molecule has 3 nitrogen and oxygen atoms in total. The van der Waals surface area contributed by atoms with Crippen LogP contribution >= 0.6 is 34.9 Å². The number of rotatable bonds is 1.